The van der Waals surface area contributed by atoms with Gasteiger partial charge in [0, 0.05) is 23.4 Å². The highest BCUT2D eigenvalue weighted by Crippen LogP contribution is 2.26. The predicted molar refractivity (Wildman–Crippen MR) is 78.5 cm³/mol. The van der Waals surface area contributed by atoms with Gasteiger partial charge in [-0.3, -0.25) is 5.32 Å². The molecule has 1 aromatic carbocycles. The molecular weight excluding hydrogens is 269 g/mol. The van der Waals surface area contributed by atoms with Crippen LogP contribution in [-0.4, -0.2) is 18.9 Å². The van der Waals surface area contributed by atoms with Crippen molar-refractivity contribution in [1.29, 1.82) is 0 Å². The summed E-state index contributed by atoms with van der Waals surface area (Å²) in [5.74, 6) is 0. The van der Waals surface area contributed by atoms with E-state index in [0.29, 0.717) is 0 Å². The summed E-state index contributed by atoms with van der Waals surface area (Å²) in [6.45, 7) is 8.31. The van der Waals surface area contributed by atoms with E-state index in [4.69, 9.17) is 16.3 Å². The molecular formula is C14H21Cl2NO. The molecule has 18 heavy (non-hydrogen) atoms. The van der Waals surface area contributed by atoms with Gasteiger partial charge in [0.15, 0.2) is 0 Å². The Labute approximate surface area is 120 Å². The normalized spacial score (nSPS) is 26.4. The molecule has 102 valence electrons. The highest BCUT2D eigenvalue weighted by Gasteiger charge is 2.35. The summed E-state index contributed by atoms with van der Waals surface area (Å²) in [7, 11) is 0. The van der Waals surface area contributed by atoms with E-state index >= 15 is 0 Å². The van der Waals surface area contributed by atoms with E-state index in [1.54, 1.807) is 0 Å². The van der Waals surface area contributed by atoms with Crippen LogP contribution in [0.15, 0.2) is 24.3 Å². The van der Waals surface area contributed by atoms with Crippen molar-refractivity contribution in [3.05, 3.63) is 34.9 Å². The van der Waals surface area contributed by atoms with Gasteiger partial charge in [-0.25, -0.2) is 0 Å². The van der Waals surface area contributed by atoms with Gasteiger partial charge in [-0.15, -0.1) is 12.4 Å². The molecule has 1 aliphatic rings. The molecule has 1 atom stereocenters. The topological polar surface area (TPSA) is 21.3 Å². The molecule has 1 aromatic rings. The van der Waals surface area contributed by atoms with Gasteiger partial charge in [0.2, 0.25) is 0 Å². The summed E-state index contributed by atoms with van der Waals surface area (Å²) < 4.78 is 5.97. The minimum Gasteiger partial charge on any atom is -0.360 e. The third-order valence-corrected chi connectivity index (χ3v) is 3.43. The summed E-state index contributed by atoms with van der Waals surface area (Å²) in [6, 6.07) is 7.96. The van der Waals surface area contributed by atoms with Crippen LogP contribution < -0.4 is 5.32 Å². The molecule has 2 nitrogen and oxygen atoms in total. The smallest absolute Gasteiger partial charge is 0.120 e. The van der Waals surface area contributed by atoms with E-state index in [1.807, 2.05) is 12.1 Å². The molecule has 0 radical (unpaired) electrons. The lowest BCUT2D eigenvalue weighted by Gasteiger charge is -2.42. The molecule has 1 unspecified atom stereocenters. The van der Waals surface area contributed by atoms with Gasteiger partial charge >= 0.3 is 0 Å². The molecule has 1 aliphatic heterocycles. The Morgan fingerprint density at radius 1 is 1.22 bits per heavy atom. The Balaban J connectivity index is 0.00000162. The lowest BCUT2D eigenvalue weighted by Crippen LogP contribution is -2.56. The van der Waals surface area contributed by atoms with E-state index < -0.39 is 0 Å². The molecule has 0 saturated carbocycles. The maximum absolute atomic E-state index is 5.97. The number of hydrogen-bond donors (Lipinski definition) is 1. The number of rotatable bonds is 2. The van der Waals surface area contributed by atoms with Crippen LogP contribution in [0.5, 0.6) is 0 Å². The zero-order valence-corrected chi connectivity index (χ0v) is 12.7. The van der Waals surface area contributed by atoms with Crippen LogP contribution in [0.1, 0.15) is 26.3 Å². The lowest BCUT2D eigenvalue weighted by atomic mass is 9.90. The average molecular weight is 290 g/mol. The van der Waals surface area contributed by atoms with Crippen molar-refractivity contribution in [2.24, 2.45) is 5.41 Å². The fraction of sp³-hybridized carbons (Fsp3) is 0.571. The quantitative estimate of drug-likeness (QED) is 0.897. The third kappa shape index (κ3) is 4.13. The minimum absolute atomic E-state index is 0. The molecule has 0 bridgehead atoms. The average Bonchev–Trinajstić information content (AvgIpc) is 2.27. The van der Waals surface area contributed by atoms with Gasteiger partial charge in [0.05, 0.1) is 6.61 Å². The van der Waals surface area contributed by atoms with Crippen LogP contribution in [-0.2, 0) is 11.2 Å². The Hall–Kier alpha value is -0.280. The Bertz CT molecular complexity index is 379. The van der Waals surface area contributed by atoms with Crippen LogP contribution in [0.3, 0.4) is 0 Å². The molecule has 0 spiro atoms. The first kappa shape index (κ1) is 15.8. The first-order chi connectivity index (χ1) is 7.89. The van der Waals surface area contributed by atoms with E-state index in [-0.39, 0.29) is 23.5 Å². The van der Waals surface area contributed by atoms with Crippen molar-refractivity contribution in [2.75, 3.05) is 13.2 Å². The van der Waals surface area contributed by atoms with Crippen molar-refractivity contribution in [1.82, 2.24) is 5.32 Å². The SMILES string of the molecule is CC1(C)CNC(C)(Cc2ccc(Cl)cc2)OC1.Cl. The molecule has 4 heteroatoms. The van der Waals surface area contributed by atoms with Crippen molar-refractivity contribution >= 4 is 24.0 Å². The second-order valence-electron chi connectivity index (χ2n) is 5.84. The zero-order valence-electron chi connectivity index (χ0n) is 11.1. The van der Waals surface area contributed by atoms with E-state index in [2.05, 4.69) is 38.2 Å². The van der Waals surface area contributed by atoms with E-state index in [9.17, 15) is 0 Å². The van der Waals surface area contributed by atoms with E-state index in [0.717, 1.165) is 24.6 Å². The summed E-state index contributed by atoms with van der Waals surface area (Å²) >= 11 is 5.88. The second kappa shape index (κ2) is 5.79. The third-order valence-electron chi connectivity index (χ3n) is 3.18. The Morgan fingerprint density at radius 2 is 1.83 bits per heavy atom. The van der Waals surface area contributed by atoms with Crippen LogP contribution in [0.4, 0.5) is 0 Å². The first-order valence-corrected chi connectivity index (χ1v) is 6.40. The Morgan fingerprint density at radius 3 is 2.33 bits per heavy atom. The number of benzene rings is 1. The molecule has 1 fully saturated rings. The fourth-order valence-electron chi connectivity index (χ4n) is 1.99. The maximum atomic E-state index is 5.97. The van der Waals surface area contributed by atoms with Gasteiger partial charge in [-0.1, -0.05) is 37.6 Å². The molecule has 0 aromatic heterocycles. The summed E-state index contributed by atoms with van der Waals surface area (Å²) in [5, 5.41) is 4.27. The lowest BCUT2D eigenvalue weighted by molar-refractivity contribution is -0.125. The van der Waals surface area contributed by atoms with Gasteiger partial charge in [0.25, 0.3) is 0 Å². The number of halogens is 2. The monoisotopic (exact) mass is 289 g/mol. The maximum Gasteiger partial charge on any atom is 0.120 e. The van der Waals surface area contributed by atoms with Crippen LogP contribution in [0.25, 0.3) is 0 Å². The van der Waals surface area contributed by atoms with Gasteiger partial charge < -0.3 is 4.74 Å². The minimum atomic E-state index is -0.261. The number of hydrogen-bond acceptors (Lipinski definition) is 2. The van der Waals surface area contributed by atoms with Crippen LogP contribution in [0.2, 0.25) is 5.02 Å². The van der Waals surface area contributed by atoms with Gasteiger partial charge in [0.1, 0.15) is 5.72 Å². The molecule has 0 amide bonds. The van der Waals surface area contributed by atoms with Crippen LogP contribution >= 0.6 is 24.0 Å². The molecule has 1 heterocycles. The highest BCUT2D eigenvalue weighted by atomic mass is 35.5. The largest absolute Gasteiger partial charge is 0.360 e. The summed E-state index contributed by atoms with van der Waals surface area (Å²) in [6.07, 6.45) is 0.861. The van der Waals surface area contributed by atoms with Gasteiger partial charge in [-0.05, 0) is 24.6 Å². The van der Waals surface area contributed by atoms with Crippen molar-refractivity contribution in [2.45, 2.75) is 32.9 Å². The van der Waals surface area contributed by atoms with E-state index in [1.165, 1.54) is 5.56 Å². The molecule has 1 saturated heterocycles. The summed E-state index contributed by atoms with van der Waals surface area (Å²) in [5.41, 5.74) is 1.20. The number of nitrogens with one attached hydrogen (secondary N) is 1. The fourth-order valence-corrected chi connectivity index (χ4v) is 2.11. The van der Waals surface area contributed by atoms with Crippen molar-refractivity contribution in [3.8, 4) is 0 Å². The van der Waals surface area contributed by atoms with Crippen LogP contribution in [0, 0.1) is 5.41 Å². The molecule has 2 rings (SSSR count). The number of ether oxygens (including phenoxy) is 1. The highest BCUT2D eigenvalue weighted by molar-refractivity contribution is 6.30. The second-order valence-corrected chi connectivity index (χ2v) is 6.28. The van der Waals surface area contributed by atoms with Crippen molar-refractivity contribution < 1.29 is 4.74 Å². The van der Waals surface area contributed by atoms with Crippen molar-refractivity contribution in [3.63, 3.8) is 0 Å². The standard InChI is InChI=1S/C14H20ClNO.ClH/c1-13(2)9-16-14(3,17-10-13)8-11-4-6-12(15)7-5-11;/h4-7,16H,8-10H2,1-3H3;1H. The molecule has 0 aliphatic carbocycles. The predicted octanol–water partition coefficient (Wildman–Crippen LogP) is 3.67. The Kier molecular flexibility index (Phi) is 5.07. The first-order valence-electron chi connectivity index (χ1n) is 6.02. The van der Waals surface area contributed by atoms with Gasteiger partial charge in [-0.2, -0.15) is 0 Å². The zero-order chi connectivity index (χ0) is 12.5. The summed E-state index contributed by atoms with van der Waals surface area (Å²) in [4.78, 5) is 0. The molecule has 1 N–H and O–H groups in total.